The van der Waals surface area contributed by atoms with Crippen molar-refractivity contribution in [1.29, 1.82) is 0 Å². The Hall–Kier alpha value is 1.03. The first-order valence-electron chi connectivity index (χ1n) is 3.33. The minimum Gasteiger partial charge on any atom is -1.00 e. The second kappa shape index (κ2) is 7.44. The molecule has 0 nitrogen and oxygen atoms in total. The van der Waals surface area contributed by atoms with Gasteiger partial charge in [0, 0.05) is 8.07 Å². The van der Waals surface area contributed by atoms with E-state index in [1.807, 2.05) is 0 Å². The van der Waals surface area contributed by atoms with Gasteiger partial charge >= 0.3 is 26.2 Å². The average Bonchev–Trinajstić information content (AvgIpc) is 2.08. The van der Waals surface area contributed by atoms with Crippen LogP contribution in [0.25, 0.3) is 0 Å². The Bertz CT molecular complexity index is 179. The van der Waals surface area contributed by atoms with Crippen LogP contribution in [-0.2, 0) is 26.2 Å². The molecule has 0 N–H and O–H groups in total. The van der Waals surface area contributed by atoms with Gasteiger partial charge in [0.1, 0.15) is 0 Å². The zero-order valence-corrected chi connectivity index (χ0v) is 12.5. The van der Waals surface area contributed by atoms with E-state index >= 15 is 0 Å². The zero-order chi connectivity index (χ0) is 6.91. The van der Waals surface area contributed by atoms with Crippen LogP contribution >= 0.6 is 0 Å². The van der Waals surface area contributed by atoms with Crippen molar-refractivity contribution in [1.82, 2.24) is 0 Å². The maximum absolute atomic E-state index is 2.36. The summed E-state index contributed by atoms with van der Waals surface area (Å²) in [6.07, 6.45) is 0. The van der Waals surface area contributed by atoms with Gasteiger partial charge in [-0.05, 0) is 0 Å². The first kappa shape index (κ1) is 18.7. The topological polar surface area (TPSA) is 0 Å². The molecule has 0 aliphatic carbocycles. The molecule has 1 rings (SSSR count). The van der Waals surface area contributed by atoms with Gasteiger partial charge in [0.25, 0.3) is 0 Å². The third-order valence-corrected chi connectivity index (χ3v) is 3.59. The number of hydrogen-bond acceptors (Lipinski definition) is 0. The van der Waals surface area contributed by atoms with E-state index in [9.17, 15) is 0 Å². The van der Waals surface area contributed by atoms with Gasteiger partial charge in [0.2, 0.25) is 0 Å². The fraction of sp³-hybridized carbons (Fsp3) is 0.375. The molecule has 12 heavy (non-hydrogen) atoms. The van der Waals surface area contributed by atoms with Crippen LogP contribution in [0.2, 0.25) is 19.6 Å². The molecule has 0 atom stereocenters. The van der Waals surface area contributed by atoms with Crippen molar-refractivity contribution in [2.24, 2.45) is 0 Å². The van der Waals surface area contributed by atoms with Crippen LogP contribution in [0.4, 0.5) is 0 Å². The van der Waals surface area contributed by atoms with Gasteiger partial charge in [-0.2, -0.15) is 18.2 Å². The molecule has 1 radical (unpaired) electrons. The Labute approximate surface area is 107 Å². The Morgan fingerprint density at radius 3 is 1.83 bits per heavy atom. The Kier molecular flexibility index (Phi) is 11.6. The molecule has 0 amide bonds. The molecule has 0 bridgehead atoms. The van der Waals surface area contributed by atoms with E-state index in [0.717, 1.165) is 0 Å². The molecule has 0 spiro atoms. The second-order valence-corrected chi connectivity index (χ2v) is 8.50. The molecular formula is C8H13Cl2SiZr. The standard InChI is InChI=1S/C8H13Si.2ClH.Zr/c1-9(2,3)8-6-4-5-7-8;;;/h4-7H,1-3H3;2*1H;/q-1;;;+3/p-2. The molecule has 1 aromatic carbocycles. The Morgan fingerprint density at radius 2 is 1.67 bits per heavy atom. The molecule has 0 unspecified atom stereocenters. The van der Waals surface area contributed by atoms with Gasteiger partial charge in [-0.1, -0.05) is 19.6 Å². The Balaban J connectivity index is -0.000000270. The molecule has 67 valence electrons. The van der Waals surface area contributed by atoms with Crippen LogP contribution in [-0.4, -0.2) is 8.07 Å². The fourth-order valence-corrected chi connectivity index (χ4v) is 2.07. The molecular weight excluding hydrogens is 286 g/mol. The first-order chi connectivity index (χ1) is 4.11. The van der Waals surface area contributed by atoms with E-state index in [4.69, 9.17) is 0 Å². The van der Waals surface area contributed by atoms with Crippen molar-refractivity contribution >= 4 is 13.3 Å². The van der Waals surface area contributed by atoms with Gasteiger partial charge in [0.15, 0.2) is 0 Å². The van der Waals surface area contributed by atoms with Crippen molar-refractivity contribution < 1.29 is 51.0 Å². The number of halogens is 2. The number of rotatable bonds is 1. The average molecular weight is 299 g/mol. The summed E-state index contributed by atoms with van der Waals surface area (Å²) in [6.45, 7) is 7.09. The third kappa shape index (κ3) is 5.64. The normalized spacial score (nSPS) is 8.92. The van der Waals surface area contributed by atoms with Crippen LogP contribution < -0.4 is 30.0 Å². The molecule has 0 aromatic heterocycles. The van der Waals surface area contributed by atoms with Crippen molar-refractivity contribution in [2.45, 2.75) is 19.6 Å². The quantitative estimate of drug-likeness (QED) is 0.366. The van der Waals surface area contributed by atoms with Crippen LogP contribution in [0.15, 0.2) is 24.3 Å². The maximum Gasteiger partial charge on any atom is 3.00 e. The van der Waals surface area contributed by atoms with Crippen molar-refractivity contribution in [3.63, 3.8) is 0 Å². The van der Waals surface area contributed by atoms with Crippen molar-refractivity contribution in [3.05, 3.63) is 24.3 Å². The Morgan fingerprint density at radius 1 is 1.17 bits per heavy atom. The molecule has 0 aliphatic heterocycles. The van der Waals surface area contributed by atoms with E-state index in [0.29, 0.717) is 0 Å². The van der Waals surface area contributed by atoms with Gasteiger partial charge in [-0.25, -0.2) is 11.3 Å². The molecule has 0 saturated heterocycles. The van der Waals surface area contributed by atoms with Crippen LogP contribution in [0.1, 0.15) is 0 Å². The summed E-state index contributed by atoms with van der Waals surface area (Å²) in [6, 6.07) is 8.69. The summed E-state index contributed by atoms with van der Waals surface area (Å²) in [5.74, 6) is 0. The minimum atomic E-state index is -0.981. The third-order valence-electron chi connectivity index (χ3n) is 1.53. The molecule has 0 heterocycles. The SMILES string of the molecule is C[Si](C)(C)c1cc[cH-]c1.[Cl-].[Cl-].[Zr+3]. The predicted molar refractivity (Wildman–Crippen MR) is 45.0 cm³/mol. The zero-order valence-electron chi connectivity index (χ0n) is 7.57. The van der Waals surface area contributed by atoms with Gasteiger partial charge in [-0.15, -0.1) is 0 Å². The molecule has 0 saturated carbocycles. The van der Waals surface area contributed by atoms with E-state index in [1.54, 1.807) is 5.19 Å². The molecule has 0 aliphatic rings. The van der Waals surface area contributed by atoms with Gasteiger partial charge < -0.3 is 24.8 Å². The van der Waals surface area contributed by atoms with Crippen LogP contribution in [0.5, 0.6) is 0 Å². The van der Waals surface area contributed by atoms with E-state index in [-0.39, 0.29) is 51.0 Å². The van der Waals surface area contributed by atoms with Gasteiger partial charge in [-0.3, -0.25) is 0 Å². The number of hydrogen-bond donors (Lipinski definition) is 0. The van der Waals surface area contributed by atoms with Gasteiger partial charge in [0.05, 0.1) is 0 Å². The summed E-state index contributed by atoms with van der Waals surface area (Å²) < 4.78 is 0. The van der Waals surface area contributed by atoms with Crippen LogP contribution in [0.3, 0.4) is 0 Å². The first-order valence-corrected chi connectivity index (χ1v) is 6.83. The summed E-state index contributed by atoms with van der Waals surface area (Å²) in [4.78, 5) is 0. The van der Waals surface area contributed by atoms with Crippen molar-refractivity contribution in [2.75, 3.05) is 0 Å². The molecule has 4 heteroatoms. The predicted octanol–water partition coefficient (Wildman–Crippen LogP) is -4.04. The van der Waals surface area contributed by atoms with E-state index < -0.39 is 8.07 Å². The van der Waals surface area contributed by atoms with E-state index in [1.165, 1.54) is 0 Å². The second-order valence-electron chi connectivity index (χ2n) is 3.42. The summed E-state index contributed by atoms with van der Waals surface area (Å²) in [5, 5.41) is 1.56. The smallest absolute Gasteiger partial charge is 1.00 e. The van der Waals surface area contributed by atoms with Crippen LogP contribution in [0, 0.1) is 0 Å². The summed E-state index contributed by atoms with van der Waals surface area (Å²) in [5.41, 5.74) is 0. The maximum atomic E-state index is 2.36. The largest absolute Gasteiger partial charge is 3.00 e. The van der Waals surface area contributed by atoms with Crippen molar-refractivity contribution in [3.8, 4) is 0 Å². The monoisotopic (exact) mass is 297 g/mol. The summed E-state index contributed by atoms with van der Waals surface area (Å²) in [7, 11) is -0.981. The van der Waals surface area contributed by atoms with E-state index in [2.05, 4.69) is 43.9 Å². The molecule has 0 fully saturated rings. The minimum absolute atomic E-state index is 0. The fourth-order valence-electron chi connectivity index (χ4n) is 0.874. The molecule has 1 aromatic rings. The summed E-state index contributed by atoms with van der Waals surface area (Å²) >= 11 is 0.